The van der Waals surface area contributed by atoms with Gasteiger partial charge in [-0.1, -0.05) is 29.8 Å². The first-order chi connectivity index (χ1) is 12.8. The molecule has 0 unspecified atom stereocenters. The average molecular weight is 367 g/mol. The summed E-state index contributed by atoms with van der Waals surface area (Å²) in [5, 5.41) is 8.17. The molecule has 6 heteroatoms. The fraction of sp³-hybridized carbons (Fsp3) is 0.286. The van der Waals surface area contributed by atoms with Gasteiger partial charge in [0.25, 0.3) is 5.91 Å². The molecule has 2 aromatic carbocycles. The summed E-state index contributed by atoms with van der Waals surface area (Å²) in [6, 6.07) is 10.9. The molecule has 2 aromatic rings. The van der Waals surface area contributed by atoms with Gasteiger partial charge in [0.1, 0.15) is 0 Å². The molecular formula is C21H25N3O3. The number of hydrogen-bond acceptors (Lipinski definition) is 3. The van der Waals surface area contributed by atoms with E-state index in [9.17, 15) is 14.4 Å². The Balaban J connectivity index is 1.89. The lowest BCUT2D eigenvalue weighted by Gasteiger charge is -2.13. The zero-order valence-electron chi connectivity index (χ0n) is 16.1. The minimum Gasteiger partial charge on any atom is -0.352 e. The highest BCUT2D eigenvalue weighted by Gasteiger charge is 2.11. The van der Waals surface area contributed by atoms with Crippen LogP contribution in [0, 0.1) is 20.8 Å². The summed E-state index contributed by atoms with van der Waals surface area (Å²) in [6.45, 7) is 7.64. The maximum absolute atomic E-state index is 12.2. The highest BCUT2D eigenvalue weighted by Crippen LogP contribution is 2.21. The van der Waals surface area contributed by atoms with Gasteiger partial charge in [0.2, 0.25) is 11.8 Å². The number of nitrogens with one attached hydrogen (secondary N) is 3. The van der Waals surface area contributed by atoms with Crippen molar-refractivity contribution < 1.29 is 14.4 Å². The number of rotatable bonds is 6. The molecule has 0 aliphatic rings. The standard InChI is InChI=1S/C21H25N3O3/c1-13-9-14(2)20(15(3)10-13)24-19(26)12-23-21(27)18-7-5-17(6-8-18)11-22-16(4)25/h5-10H,11-12H2,1-4H3,(H,22,25)(H,23,27)(H,24,26). The zero-order chi connectivity index (χ0) is 20.0. The molecule has 3 amide bonds. The fourth-order valence-electron chi connectivity index (χ4n) is 2.82. The summed E-state index contributed by atoms with van der Waals surface area (Å²) in [4.78, 5) is 35.3. The topological polar surface area (TPSA) is 87.3 Å². The van der Waals surface area contributed by atoms with Gasteiger partial charge < -0.3 is 16.0 Å². The second kappa shape index (κ2) is 8.98. The van der Waals surface area contributed by atoms with E-state index >= 15 is 0 Å². The number of carbonyl (C=O) groups is 3. The summed E-state index contributed by atoms with van der Waals surface area (Å²) < 4.78 is 0. The third-order valence-electron chi connectivity index (χ3n) is 4.11. The molecule has 142 valence electrons. The second-order valence-electron chi connectivity index (χ2n) is 6.61. The Labute approximate surface area is 159 Å². The predicted molar refractivity (Wildman–Crippen MR) is 106 cm³/mol. The zero-order valence-corrected chi connectivity index (χ0v) is 16.1. The van der Waals surface area contributed by atoms with E-state index < -0.39 is 0 Å². The third-order valence-corrected chi connectivity index (χ3v) is 4.11. The monoisotopic (exact) mass is 367 g/mol. The Morgan fingerprint density at radius 2 is 1.48 bits per heavy atom. The van der Waals surface area contributed by atoms with Gasteiger partial charge in [0.15, 0.2) is 0 Å². The van der Waals surface area contributed by atoms with Crippen LogP contribution in [0.3, 0.4) is 0 Å². The van der Waals surface area contributed by atoms with Gasteiger partial charge in [0.05, 0.1) is 6.54 Å². The summed E-state index contributed by atoms with van der Waals surface area (Å²) >= 11 is 0. The van der Waals surface area contributed by atoms with Crippen molar-refractivity contribution in [2.24, 2.45) is 0 Å². The summed E-state index contributed by atoms with van der Waals surface area (Å²) in [5.74, 6) is -0.712. The van der Waals surface area contributed by atoms with Crippen LogP contribution in [-0.2, 0) is 16.1 Å². The van der Waals surface area contributed by atoms with E-state index in [-0.39, 0.29) is 24.3 Å². The first kappa shape index (κ1) is 20.2. The van der Waals surface area contributed by atoms with Gasteiger partial charge >= 0.3 is 0 Å². The third kappa shape index (κ3) is 5.95. The average Bonchev–Trinajstić information content (AvgIpc) is 2.61. The van der Waals surface area contributed by atoms with E-state index in [2.05, 4.69) is 16.0 Å². The minimum atomic E-state index is -0.325. The largest absolute Gasteiger partial charge is 0.352 e. The van der Waals surface area contributed by atoms with Crippen LogP contribution in [0.1, 0.15) is 39.5 Å². The molecule has 0 heterocycles. The van der Waals surface area contributed by atoms with Crippen LogP contribution < -0.4 is 16.0 Å². The molecule has 6 nitrogen and oxygen atoms in total. The van der Waals surface area contributed by atoms with Crippen LogP contribution in [0.2, 0.25) is 0 Å². The fourth-order valence-corrected chi connectivity index (χ4v) is 2.82. The van der Waals surface area contributed by atoms with Crippen molar-refractivity contribution in [3.8, 4) is 0 Å². The lowest BCUT2D eigenvalue weighted by Crippen LogP contribution is -2.33. The quantitative estimate of drug-likeness (QED) is 0.733. The van der Waals surface area contributed by atoms with Crippen LogP contribution in [0.4, 0.5) is 5.69 Å². The molecule has 0 aromatic heterocycles. The van der Waals surface area contributed by atoms with Crippen molar-refractivity contribution in [1.82, 2.24) is 10.6 Å². The minimum absolute atomic E-state index is 0.109. The summed E-state index contributed by atoms with van der Waals surface area (Å²) in [6.07, 6.45) is 0. The number of anilines is 1. The Hall–Kier alpha value is -3.15. The molecule has 0 spiro atoms. The van der Waals surface area contributed by atoms with Crippen molar-refractivity contribution in [1.29, 1.82) is 0 Å². The highest BCUT2D eigenvalue weighted by molar-refractivity contribution is 5.99. The molecule has 0 saturated heterocycles. The maximum Gasteiger partial charge on any atom is 0.251 e. The molecule has 2 rings (SSSR count). The van der Waals surface area contributed by atoms with Crippen molar-refractivity contribution in [2.45, 2.75) is 34.2 Å². The molecule has 27 heavy (non-hydrogen) atoms. The Bertz CT molecular complexity index is 834. The van der Waals surface area contributed by atoms with Crippen LogP contribution in [0.15, 0.2) is 36.4 Å². The molecule has 0 aliphatic carbocycles. The molecule has 0 atom stereocenters. The van der Waals surface area contributed by atoms with Gasteiger partial charge in [-0.25, -0.2) is 0 Å². The maximum atomic E-state index is 12.2. The molecule has 0 aliphatic heterocycles. The van der Waals surface area contributed by atoms with Gasteiger partial charge in [-0.2, -0.15) is 0 Å². The molecule has 0 radical (unpaired) electrons. The number of aryl methyl sites for hydroxylation is 3. The smallest absolute Gasteiger partial charge is 0.251 e. The number of carbonyl (C=O) groups excluding carboxylic acids is 3. The molecule has 3 N–H and O–H groups in total. The Morgan fingerprint density at radius 3 is 2.04 bits per heavy atom. The van der Waals surface area contributed by atoms with Gasteiger partial charge in [0, 0.05) is 24.7 Å². The van der Waals surface area contributed by atoms with Crippen molar-refractivity contribution in [2.75, 3.05) is 11.9 Å². The first-order valence-electron chi connectivity index (χ1n) is 8.75. The van der Waals surface area contributed by atoms with E-state index in [4.69, 9.17) is 0 Å². The van der Waals surface area contributed by atoms with Crippen LogP contribution in [-0.4, -0.2) is 24.3 Å². The first-order valence-corrected chi connectivity index (χ1v) is 8.75. The predicted octanol–water partition coefficient (Wildman–Crippen LogP) is 2.62. The normalized spacial score (nSPS) is 10.2. The molecular weight excluding hydrogens is 342 g/mol. The van der Waals surface area contributed by atoms with Gasteiger partial charge in [-0.05, 0) is 49.6 Å². The van der Waals surface area contributed by atoms with Gasteiger partial charge in [-0.3, -0.25) is 14.4 Å². The van der Waals surface area contributed by atoms with Crippen LogP contribution >= 0.6 is 0 Å². The number of amides is 3. The lowest BCUT2D eigenvalue weighted by atomic mass is 10.1. The Morgan fingerprint density at radius 1 is 0.889 bits per heavy atom. The van der Waals surface area contributed by atoms with Crippen molar-refractivity contribution in [3.05, 3.63) is 64.2 Å². The number of benzene rings is 2. The molecule has 0 bridgehead atoms. The lowest BCUT2D eigenvalue weighted by molar-refractivity contribution is -0.119. The van der Waals surface area contributed by atoms with E-state index in [1.165, 1.54) is 6.92 Å². The van der Waals surface area contributed by atoms with E-state index in [1.54, 1.807) is 24.3 Å². The summed E-state index contributed by atoms with van der Waals surface area (Å²) in [7, 11) is 0. The van der Waals surface area contributed by atoms with Gasteiger partial charge in [-0.15, -0.1) is 0 Å². The van der Waals surface area contributed by atoms with Crippen molar-refractivity contribution >= 4 is 23.4 Å². The number of hydrogen-bond donors (Lipinski definition) is 3. The summed E-state index contributed by atoms with van der Waals surface area (Å²) in [5.41, 5.74) is 5.24. The van der Waals surface area contributed by atoms with E-state index in [1.807, 2.05) is 32.9 Å². The van der Waals surface area contributed by atoms with Crippen molar-refractivity contribution in [3.63, 3.8) is 0 Å². The molecule has 0 fully saturated rings. The van der Waals surface area contributed by atoms with E-state index in [0.29, 0.717) is 12.1 Å². The Kier molecular flexibility index (Phi) is 6.71. The second-order valence-corrected chi connectivity index (χ2v) is 6.61. The van der Waals surface area contributed by atoms with Crippen LogP contribution in [0.5, 0.6) is 0 Å². The van der Waals surface area contributed by atoms with E-state index in [0.717, 1.165) is 27.9 Å². The SMILES string of the molecule is CC(=O)NCc1ccc(C(=O)NCC(=O)Nc2c(C)cc(C)cc2C)cc1. The highest BCUT2D eigenvalue weighted by atomic mass is 16.2. The van der Waals surface area contributed by atoms with Crippen LogP contribution in [0.25, 0.3) is 0 Å². The molecule has 0 saturated carbocycles.